The van der Waals surface area contributed by atoms with Gasteiger partial charge in [-0.2, -0.15) is 0 Å². The van der Waals surface area contributed by atoms with E-state index in [1.54, 1.807) is 12.1 Å². The maximum atomic E-state index is 12.5. The van der Waals surface area contributed by atoms with E-state index in [1.807, 2.05) is 0 Å². The number of hydrogen-bond donors (Lipinski definition) is 1. The number of hydrogen-bond acceptors (Lipinski definition) is 5. The third-order valence-corrected chi connectivity index (χ3v) is 3.97. The number of non-ortho nitro benzene ring substituents is 1. The van der Waals surface area contributed by atoms with Gasteiger partial charge >= 0.3 is 5.97 Å². The Labute approximate surface area is 141 Å². The molecule has 0 aromatic heterocycles. The summed E-state index contributed by atoms with van der Waals surface area (Å²) in [5.41, 5.74) is 0.456. The van der Waals surface area contributed by atoms with E-state index in [0.29, 0.717) is 10.5 Å². The summed E-state index contributed by atoms with van der Waals surface area (Å²) in [7, 11) is 0. The number of benzene rings is 2. The number of nitrogens with zero attached hydrogens (tertiary/aromatic N) is 2. The predicted octanol–water partition coefficient (Wildman–Crippen LogP) is 1.89. The molecule has 1 N–H and O–H groups in total. The summed E-state index contributed by atoms with van der Waals surface area (Å²) in [6, 6.07) is 10.1. The average Bonchev–Trinajstić information content (AvgIpc) is 2.84. The minimum absolute atomic E-state index is 0.151. The van der Waals surface area contributed by atoms with E-state index in [0.717, 1.165) is 0 Å². The van der Waals surface area contributed by atoms with Crippen LogP contribution in [-0.4, -0.2) is 38.8 Å². The molecule has 1 heterocycles. The first kappa shape index (κ1) is 16.3. The number of amides is 2. The van der Waals surface area contributed by atoms with Gasteiger partial charge in [0, 0.05) is 18.6 Å². The quantitative estimate of drug-likeness (QED) is 0.504. The van der Waals surface area contributed by atoms with Gasteiger partial charge in [-0.1, -0.05) is 24.3 Å². The van der Waals surface area contributed by atoms with Crippen molar-refractivity contribution in [3.8, 4) is 0 Å². The largest absolute Gasteiger partial charge is 0.480 e. The number of nitro groups is 1. The fourth-order valence-corrected chi connectivity index (χ4v) is 2.80. The molecular formula is C17H12N2O6. The Morgan fingerprint density at radius 2 is 1.68 bits per heavy atom. The van der Waals surface area contributed by atoms with Gasteiger partial charge < -0.3 is 5.11 Å². The van der Waals surface area contributed by atoms with Crippen molar-refractivity contribution < 1.29 is 24.4 Å². The van der Waals surface area contributed by atoms with Crippen LogP contribution in [0.1, 0.15) is 26.3 Å². The van der Waals surface area contributed by atoms with Crippen molar-refractivity contribution in [1.82, 2.24) is 4.90 Å². The van der Waals surface area contributed by atoms with Crippen LogP contribution in [0.5, 0.6) is 0 Å². The zero-order valence-corrected chi connectivity index (χ0v) is 12.8. The highest BCUT2D eigenvalue weighted by atomic mass is 16.6. The standard InChI is InChI=1S/C17H12N2O6/c20-15-12-6-1-2-7-13(12)16(21)18(15)14(17(22)23)9-10-4-3-5-11(8-10)19(24)25/h1-8,14H,9H2,(H,22,23)/t14-/m1/s1. The molecule has 25 heavy (non-hydrogen) atoms. The Bertz CT molecular complexity index is 873. The van der Waals surface area contributed by atoms with Gasteiger partial charge in [0.05, 0.1) is 16.1 Å². The maximum Gasteiger partial charge on any atom is 0.327 e. The minimum Gasteiger partial charge on any atom is -0.480 e. The van der Waals surface area contributed by atoms with Crippen molar-refractivity contribution in [3.05, 3.63) is 75.3 Å². The predicted molar refractivity (Wildman–Crippen MR) is 85.2 cm³/mol. The lowest BCUT2D eigenvalue weighted by molar-refractivity contribution is -0.384. The van der Waals surface area contributed by atoms with Gasteiger partial charge in [0.2, 0.25) is 0 Å². The topological polar surface area (TPSA) is 118 Å². The number of nitro benzene ring substituents is 1. The lowest BCUT2D eigenvalue weighted by Gasteiger charge is -2.22. The summed E-state index contributed by atoms with van der Waals surface area (Å²) >= 11 is 0. The van der Waals surface area contributed by atoms with Crippen LogP contribution in [0.25, 0.3) is 0 Å². The molecular weight excluding hydrogens is 328 g/mol. The van der Waals surface area contributed by atoms with Gasteiger partial charge in [-0.05, 0) is 17.7 Å². The molecule has 0 saturated heterocycles. The van der Waals surface area contributed by atoms with E-state index >= 15 is 0 Å². The number of imide groups is 1. The van der Waals surface area contributed by atoms with Crippen molar-refractivity contribution >= 4 is 23.5 Å². The molecule has 2 amide bonds. The van der Waals surface area contributed by atoms with Gasteiger partial charge in [0.1, 0.15) is 6.04 Å². The highest BCUT2D eigenvalue weighted by Gasteiger charge is 2.42. The first-order chi connectivity index (χ1) is 11.9. The minimum atomic E-state index is -1.45. The number of aliphatic carboxylic acids is 1. The van der Waals surface area contributed by atoms with Crippen LogP contribution in [0.15, 0.2) is 48.5 Å². The summed E-state index contributed by atoms with van der Waals surface area (Å²) in [4.78, 5) is 47.5. The van der Waals surface area contributed by atoms with Crippen molar-refractivity contribution in [2.75, 3.05) is 0 Å². The molecule has 0 unspecified atom stereocenters. The van der Waals surface area contributed by atoms with Gasteiger partial charge in [-0.3, -0.25) is 24.6 Å². The van der Waals surface area contributed by atoms with Gasteiger partial charge in [0.15, 0.2) is 0 Å². The van der Waals surface area contributed by atoms with Crippen LogP contribution < -0.4 is 0 Å². The molecule has 1 atom stereocenters. The third kappa shape index (κ3) is 2.85. The molecule has 0 fully saturated rings. The molecule has 0 aliphatic carbocycles. The van der Waals surface area contributed by atoms with Crippen LogP contribution >= 0.6 is 0 Å². The molecule has 0 radical (unpaired) electrons. The lowest BCUT2D eigenvalue weighted by Crippen LogP contribution is -2.46. The Morgan fingerprint density at radius 3 is 2.20 bits per heavy atom. The van der Waals surface area contributed by atoms with Crippen LogP contribution in [0.4, 0.5) is 5.69 Å². The summed E-state index contributed by atoms with van der Waals surface area (Å²) in [6.07, 6.45) is -0.220. The van der Waals surface area contributed by atoms with Gasteiger partial charge in [-0.15, -0.1) is 0 Å². The van der Waals surface area contributed by atoms with Gasteiger partial charge in [0.25, 0.3) is 17.5 Å². The van der Waals surface area contributed by atoms with Crippen molar-refractivity contribution in [2.45, 2.75) is 12.5 Å². The van der Waals surface area contributed by atoms with Crippen molar-refractivity contribution in [3.63, 3.8) is 0 Å². The second-order valence-electron chi connectivity index (χ2n) is 5.51. The average molecular weight is 340 g/mol. The summed E-state index contributed by atoms with van der Waals surface area (Å²) in [5.74, 6) is -2.72. The highest BCUT2D eigenvalue weighted by molar-refractivity contribution is 6.22. The molecule has 0 saturated carbocycles. The molecule has 1 aliphatic rings. The van der Waals surface area contributed by atoms with Crippen LogP contribution in [0.3, 0.4) is 0 Å². The number of carbonyl (C=O) groups excluding carboxylic acids is 2. The fraction of sp³-hybridized carbons (Fsp3) is 0.118. The number of carbonyl (C=O) groups is 3. The second kappa shape index (κ2) is 6.16. The van der Waals surface area contributed by atoms with E-state index < -0.39 is 28.7 Å². The maximum absolute atomic E-state index is 12.5. The molecule has 8 heteroatoms. The van der Waals surface area contributed by atoms with Crippen LogP contribution in [0.2, 0.25) is 0 Å². The molecule has 0 bridgehead atoms. The normalized spacial score (nSPS) is 14.3. The van der Waals surface area contributed by atoms with E-state index in [2.05, 4.69) is 0 Å². The zero-order valence-electron chi connectivity index (χ0n) is 12.8. The van der Waals surface area contributed by atoms with Gasteiger partial charge in [-0.25, -0.2) is 4.79 Å². The fourth-order valence-electron chi connectivity index (χ4n) is 2.80. The molecule has 8 nitrogen and oxygen atoms in total. The number of carboxylic acids is 1. The SMILES string of the molecule is O=C(O)[C@@H](Cc1cccc([N+](=O)[O-])c1)N1C(=O)c2ccccc2C1=O. The molecule has 126 valence electrons. The first-order valence-corrected chi connectivity index (χ1v) is 7.33. The summed E-state index contributed by atoms with van der Waals surface area (Å²) in [6.45, 7) is 0. The highest BCUT2D eigenvalue weighted by Crippen LogP contribution is 2.26. The molecule has 3 rings (SSSR count). The van der Waals surface area contributed by atoms with E-state index in [4.69, 9.17) is 0 Å². The Hall–Kier alpha value is -3.55. The van der Waals surface area contributed by atoms with Crippen LogP contribution in [0, 0.1) is 10.1 Å². The Balaban J connectivity index is 1.94. The van der Waals surface area contributed by atoms with Crippen molar-refractivity contribution in [1.29, 1.82) is 0 Å². The summed E-state index contributed by atoms with van der Waals surface area (Å²) < 4.78 is 0. The zero-order chi connectivity index (χ0) is 18.1. The molecule has 2 aromatic rings. The number of fused-ring (bicyclic) bond motifs is 1. The third-order valence-electron chi connectivity index (χ3n) is 3.97. The van der Waals surface area contributed by atoms with E-state index in [-0.39, 0.29) is 23.2 Å². The Kier molecular flexibility index (Phi) is 4.02. The smallest absolute Gasteiger partial charge is 0.327 e. The lowest BCUT2D eigenvalue weighted by atomic mass is 10.0. The Morgan fingerprint density at radius 1 is 1.08 bits per heavy atom. The first-order valence-electron chi connectivity index (χ1n) is 7.33. The van der Waals surface area contributed by atoms with E-state index in [9.17, 15) is 29.6 Å². The molecule has 2 aromatic carbocycles. The van der Waals surface area contributed by atoms with Crippen molar-refractivity contribution in [2.24, 2.45) is 0 Å². The van der Waals surface area contributed by atoms with Crippen LogP contribution in [-0.2, 0) is 11.2 Å². The van der Waals surface area contributed by atoms with E-state index in [1.165, 1.54) is 36.4 Å². The summed E-state index contributed by atoms with van der Waals surface area (Å²) in [5, 5.41) is 20.4. The number of rotatable bonds is 5. The molecule has 1 aliphatic heterocycles. The monoisotopic (exact) mass is 340 g/mol. The molecule has 0 spiro atoms. The second-order valence-corrected chi connectivity index (χ2v) is 5.51. The number of carboxylic acid groups (broad SMARTS) is 1.